The van der Waals surface area contributed by atoms with Crippen LogP contribution in [0.15, 0.2) is 0 Å². The first kappa shape index (κ1) is 21.8. The minimum absolute atomic E-state index is 0.231. The van der Waals surface area contributed by atoms with Gasteiger partial charge in [-0.05, 0) is 57.4 Å². The van der Waals surface area contributed by atoms with Gasteiger partial charge in [0.05, 0.1) is 11.7 Å². The molecule has 1 heterocycles. The molecule has 1 fully saturated rings. The Kier molecular flexibility index (Phi) is 7.70. The van der Waals surface area contributed by atoms with Crippen molar-refractivity contribution in [1.82, 2.24) is 0 Å². The van der Waals surface area contributed by atoms with Crippen molar-refractivity contribution in [1.29, 1.82) is 0 Å². The molecule has 0 unspecified atom stereocenters. The maximum absolute atomic E-state index is 12.6. The number of esters is 2. The van der Waals surface area contributed by atoms with Crippen molar-refractivity contribution in [2.45, 2.75) is 84.2 Å². The minimum Gasteiger partial charge on any atom is -0.459 e. The van der Waals surface area contributed by atoms with Crippen LogP contribution in [-0.2, 0) is 31.9 Å². The summed E-state index contributed by atoms with van der Waals surface area (Å²) in [6.07, 6.45) is 9.66. The number of amides is 1. The Morgan fingerprint density at radius 1 is 1.10 bits per heavy atom. The van der Waals surface area contributed by atoms with E-state index >= 15 is 0 Å². The number of fused-ring (bicyclic) bond motifs is 1. The number of rotatable bonds is 8. The standard InChI is InChI=1S/C22H31NO5S/c1-14(2)28-22(26)20-16-9-5-6-10-17(16)29-21(20)23-18(24)13-27-19(25)12-11-15-7-3-4-8-15/h14-15H,3-13H2,1-2H3,(H,23,24). The molecule has 160 valence electrons. The van der Waals surface area contributed by atoms with Crippen LogP contribution in [0.25, 0.3) is 0 Å². The quantitative estimate of drug-likeness (QED) is 0.618. The molecular weight excluding hydrogens is 390 g/mol. The maximum Gasteiger partial charge on any atom is 0.341 e. The van der Waals surface area contributed by atoms with E-state index in [9.17, 15) is 14.4 Å². The molecule has 0 spiro atoms. The second-order valence-corrected chi connectivity index (χ2v) is 9.37. The predicted octanol–water partition coefficient (Wildman–Crippen LogP) is 4.64. The molecule has 6 nitrogen and oxygen atoms in total. The van der Waals surface area contributed by atoms with Crippen LogP contribution >= 0.6 is 11.3 Å². The van der Waals surface area contributed by atoms with Gasteiger partial charge in [-0.25, -0.2) is 4.79 Å². The number of carbonyl (C=O) groups excluding carboxylic acids is 3. The molecule has 1 saturated carbocycles. The summed E-state index contributed by atoms with van der Waals surface area (Å²) in [4.78, 5) is 38.0. The van der Waals surface area contributed by atoms with E-state index in [1.165, 1.54) is 37.0 Å². The van der Waals surface area contributed by atoms with E-state index in [4.69, 9.17) is 9.47 Å². The molecule has 2 aliphatic rings. The number of carbonyl (C=O) groups is 3. The molecule has 7 heteroatoms. The SMILES string of the molecule is CC(C)OC(=O)c1c(NC(=O)COC(=O)CCC2CCCC2)sc2c1CCCC2. The van der Waals surface area contributed by atoms with E-state index in [0.29, 0.717) is 22.9 Å². The zero-order chi connectivity index (χ0) is 20.8. The number of hydrogen-bond donors (Lipinski definition) is 1. The van der Waals surface area contributed by atoms with Gasteiger partial charge in [-0.2, -0.15) is 0 Å². The molecule has 1 amide bonds. The van der Waals surface area contributed by atoms with Crippen molar-refractivity contribution in [3.63, 3.8) is 0 Å². The first-order valence-electron chi connectivity index (χ1n) is 10.7. The average Bonchev–Trinajstić information content (AvgIpc) is 3.31. The van der Waals surface area contributed by atoms with Crippen molar-refractivity contribution in [3.05, 3.63) is 16.0 Å². The number of aryl methyl sites for hydroxylation is 1. The van der Waals surface area contributed by atoms with Gasteiger partial charge < -0.3 is 14.8 Å². The van der Waals surface area contributed by atoms with Crippen molar-refractivity contribution in [2.75, 3.05) is 11.9 Å². The van der Waals surface area contributed by atoms with E-state index in [1.54, 1.807) is 13.8 Å². The summed E-state index contributed by atoms with van der Waals surface area (Å²) in [6.45, 7) is 3.28. The van der Waals surface area contributed by atoms with Crippen LogP contribution in [0.4, 0.5) is 5.00 Å². The van der Waals surface area contributed by atoms with Gasteiger partial charge in [0.1, 0.15) is 5.00 Å². The Balaban J connectivity index is 1.57. The van der Waals surface area contributed by atoms with Gasteiger partial charge in [0.2, 0.25) is 0 Å². The summed E-state index contributed by atoms with van der Waals surface area (Å²) in [5, 5.41) is 3.28. The highest BCUT2D eigenvalue weighted by Gasteiger charge is 2.28. The van der Waals surface area contributed by atoms with E-state index in [0.717, 1.165) is 42.5 Å². The molecule has 3 rings (SSSR count). The van der Waals surface area contributed by atoms with Crippen LogP contribution in [0.3, 0.4) is 0 Å². The van der Waals surface area contributed by atoms with E-state index < -0.39 is 11.9 Å². The van der Waals surface area contributed by atoms with E-state index in [1.807, 2.05) is 0 Å². The van der Waals surface area contributed by atoms with Crippen LogP contribution in [0.1, 0.15) is 86.0 Å². The van der Waals surface area contributed by atoms with Gasteiger partial charge in [-0.15, -0.1) is 11.3 Å². The lowest BCUT2D eigenvalue weighted by molar-refractivity contribution is -0.147. The molecule has 0 aromatic carbocycles. The van der Waals surface area contributed by atoms with Crippen LogP contribution in [0, 0.1) is 5.92 Å². The van der Waals surface area contributed by atoms with Crippen LogP contribution in [0.2, 0.25) is 0 Å². The number of hydrogen-bond acceptors (Lipinski definition) is 6. The Bertz CT molecular complexity index is 749. The topological polar surface area (TPSA) is 81.7 Å². The van der Waals surface area contributed by atoms with Gasteiger partial charge in [-0.1, -0.05) is 25.7 Å². The van der Waals surface area contributed by atoms with Gasteiger partial charge >= 0.3 is 11.9 Å². The van der Waals surface area contributed by atoms with Gasteiger partial charge in [0, 0.05) is 11.3 Å². The third-order valence-corrected chi connectivity index (χ3v) is 6.77. The van der Waals surface area contributed by atoms with E-state index in [2.05, 4.69) is 5.32 Å². The number of ether oxygens (including phenoxy) is 2. The number of nitrogens with one attached hydrogen (secondary N) is 1. The lowest BCUT2D eigenvalue weighted by Crippen LogP contribution is -2.22. The maximum atomic E-state index is 12.6. The van der Waals surface area contributed by atoms with Crippen molar-refractivity contribution in [3.8, 4) is 0 Å². The zero-order valence-corrected chi connectivity index (χ0v) is 18.2. The molecular formula is C22H31NO5S. The van der Waals surface area contributed by atoms with Crippen molar-refractivity contribution in [2.24, 2.45) is 5.92 Å². The lowest BCUT2D eigenvalue weighted by Gasteiger charge is -2.14. The summed E-state index contributed by atoms with van der Waals surface area (Å²) in [6, 6.07) is 0. The van der Waals surface area contributed by atoms with Gasteiger partial charge in [-0.3, -0.25) is 9.59 Å². The van der Waals surface area contributed by atoms with Crippen molar-refractivity contribution < 1.29 is 23.9 Å². The molecule has 1 N–H and O–H groups in total. The van der Waals surface area contributed by atoms with Crippen LogP contribution < -0.4 is 5.32 Å². The molecule has 1 aromatic heterocycles. The zero-order valence-electron chi connectivity index (χ0n) is 17.4. The summed E-state index contributed by atoms with van der Waals surface area (Å²) in [5.74, 6) is -0.542. The Hall–Kier alpha value is -1.89. The highest BCUT2D eigenvalue weighted by atomic mass is 32.1. The van der Waals surface area contributed by atoms with Crippen LogP contribution in [0.5, 0.6) is 0 Å². The van der Waals surface area contributed by atoms with Gasteiger partial charge in [0.25, 0.3) is 5.91 Å². The third kappa shape index (κ3) is 6.04. The lowest BCUT2D eigenvalue weighted by atomic mass is 9.95. The fourth-order valence-electron chi connectivity index (χ4n) is 4.14. The number of anilines is 1. The fraction of sp³-hybridized carbons (Fsp3) is 0.682. The summed E-state index contributed by atoms with van der Waals surface area (Å²) >= 11 is 1.43. The molecule has 0 saturated heterocycles. The molecule has 29 heavy (non-hydrogen) atoms. The van der Waals surface area contributed by atoms with Gasteiger partial charge in [0.15, 0.2) is 6.61 Å². The van der Waals surface area contributed by atoms with E-state index in [-0.39, 0.29) is 18.7 Å². The molecule has 0 atom stereocenters. The smallest absolute Gasteiger partial charge is 0.341 e. The molecule has 2 aliphatic carbocycles. The molecule has 0 radical (unpaired) electrons. The first-order chi connectivity index (χ1) is 13.9. The van der Waals surface area contributed by atoms with Crippen molar-refractivity contribution >= 4 is 34.2 Å². The Labute approximate surface area is 176 Å². The highest BCUT2D eigenvalue weighted by molar-refractivity contribution is 7.17. The summed E-state index contributed by atoms with van der Waals surface area (Å²) in [7, 11) is 0. The summed E-state index contributed by atoms with van der Waals surface area (Å²) in [5.41, 5.74) is 1.47. The highest BCUT2D eigenvalue weighted by Crippen LogP contribution is 2.38. The normalized spacial score (nSPS) is 16.5. The Morgan fingerprint density at radius 3 is 2.55 bits per heavy atom. The number of thiophene rings is 1. The minimum atomic E-state index is -0.420. The average molecular weight is 422 g/mol. The molecule has 0 bridgehead atoms. The largest absolute Gasteiger partial charge is 0.459 e. The molecule has 1 aromatic rings. The fourth-order valence-corrected chi connectivity index (χ4v) is 5.44. The monoisotopic (exact) mass is 421 g/mol. The summed E-state index contributed by atoms with van der Waals surface area (Å²) < 4.78 is 10.5. The first-order valence-corrected chi connectivity index (χ1v) is 11.6. The second kappa shape index (κ2) is 10.2. The van der Waals surface area contributed by atoms with Crippen LogP contribution in [-0.4, -0.2) is 30.6 Å². The Morgan fingerprint density at radius 2 is 1.83 bits per heavy atom. The second-order valence-electron chi connectivity index (χ2n) is 8.27. The third-order valence-electron chi connectivity index (χ3n) is 5.57. The predicted molar refractivity (Wildman–Crippen MR) is 112 cm³/mol. The molecule has 0 aliphatic heterocycles.